The molecule has 0 unspecified atom stereocenters. The Bertz CT molecular complexity index is 715. The lowest BCUT2D eigenvalue weighted by Crippen LogP contribution is -2.36. The van der Waals surface area contributed by atoms with Gasteiger partial charge < -0.3 is 11.1 Å². The lowest BCUT2D eigenvalue weighted by atomic mass is 9.95. The number of nitrogens with one attached hydrogen (secondary N) is 1. The number of hydrogen-bond acceptors (Lipinski definition) is 4. The second kappa shape index (κ2) is 6.62. The molecule has 0 atom stereocenters. The van der Waals surface area contributed by atoms with Crippen LogP contribution >= 0.6 is 23.6 Å². The van der Waals surface area contributed by atoms with Crippen molar-refractivity contribution in [2.45, 2.75) is 38.1 Å². The number of nitrogens with zero attached hydrogens (tertiary/aromatic N) is 1. The van der Waals surface area contributed by atoms with Gasteiger partial charge in [0.25, 0.3) is 5.91 Å². The van der Waals surface area contributed by atoms with Crippen molar-refractivity contribution in [3.05, 3.63) is 39.2 Å². The van der Waals surface area contributed by atoms with Gasteiger partial charge in [0.05, 0.1) is 0 Å². The summed E-state index contributed by atoms with van der Waals surface area (Å²) in [7, 11) is 0. The smallest absolute Gasteiger partial charge is 0.265 e. The number of benzene rings is 1. The molecule has 0 aliphatic heterocycles. The number of aromatic nitrogens is 1. The van der Waals surface area contributed by atoms with Crippen molar-refractivity contribution in [1.82, 2.24) is 9.88 Å². The number of carbonyl (C=O) groups excluding carboxylic acids is 1. The molecule has 1 aromatic heterocycles. The number of carbonyl (C=O) groups is 1. The molecule has 1 aliphatic carbocycles. The zero-order chi connectivity index (χ0) is 15.5. The fraction of sp³-hybridized carbons (Fsp3) is 0.375. The SMILES string of the molecule is Nc1c(C(=O)NC2CCCCC2)sc(=S)n1-c1ccccc1. The quantitative estimate of drug-likeness (QED) is 0.837. The molecule has 3 N–H and O–H groups in total. The summed E-state index contributed by atoms with van der Waals surface area (Å²) in [5.74, 6) is 0.324. The molecule has 1 amide bonds. The van der Waals surface area contributed by atoms with Crippen molar-refractivity contribution in [3.63, 3.8) is 0 Å². The van der Waals surface area contributed by atoms with E-state index in [0.717, 1.165) is 18.5 Å². The summed E-state index contributed by atoms with van der Waals surface area (Å²) in [6.45, 7) is 0. The first kappa shape index (κ1) is 15.2. The Morgan fingerprint density at radius 1 is 1.23 bits per heavy atom. The zero-order valence-corrected chi connectivity index (χ0v) is 13.9. The van der Waals surface area contributed by atoms with Crippen LogP contribution in [0.1, 0.15) is 41.8 Å². The summed E-state index contributed by atoms with van der Waals surface area (Å²) in [5, 5.41) is 3.10. The molecule has 0 bridgehead atoms. The van der Waals surface area contributed by atoms with E-state index in [9.17, 15) is 4.79 Å². The molecule has 22 heavy (non-hydrogen) atoms. The molecule has 1 fully saturated rings. The Kier molecular flexibility index (Phi) is 4.59. The highest BCUT2D eigenvalue weighted by Crippen LogP contribution is 2.27. The Morgan fingerprint density at radius 3 is 2.59 bits per heavy atom. The predicted octanol–water partition coefficient (Wildman–Crippen LogP) is 3.91. The van der Waals surface area contributed by atoms with Crippen LogP contribution in [0.2, 0.25) is 0 Å². The Balaban J connectivity index is 1.86. The minimum Gasteiger partial charge on any atom is -0.383 e. The van der Waals surface area contributed by atoms with Crippen molar-refractivity contribution < 1.29 is 4.79 Å². The summed E-state index contributed by atoms with van der Waals surface area (Å²) < 4.78 is 2.35. The van der Waals surface area contributed by atoms with Crippen LogP contribution in [0.3, 0.4) is 0 Å². The summed E-state index contributed by atoms with van der Waals surface area (Å²) in [4.78, 5) is 13.0. The number of amides is 1. The topological polar surface area (TPSA) is 60.1 Å². The fourth-order valence-electron chi connectivity index (χ4n) is 2.87. The summed E-state index contributed by atoms with van der Waals surface area (Å²) in [6.07, 6.45) is 5.73. The maximum Gasteiger partial charge on any atom is 0.265 e. The van der Waals surface area contributed by atoms with Crippen LogP contribution in [0.15, 0.2) is 30.3 Å². The van der Waals surface area contributed by atoms with Crippen LogP contribution in [0.25, 0.3) is 5.69 Å². The summed E-state index contributed by atoms with van der Waals surface area (Å²) in [6, 6.07) is 9.92. The maximum atomic E-state index is 12.5. The third-order valence-corrected chi connectivity index (χ3v) is 5.39. The molecule has 1 saturated carbocycles. The van der Waals surface area contributed by atoms with E-state index in [1.807, 2.05) is 30.3 Å². The van der Waals surface area contributed by atoms with Crippen LogP contribution in [-0.2, 0) is 0 Å². The molecule has 1 heterocycles. The van der Waals surface area contributed by atoms with Gasteiger partial charge in [-0.3, -0.25) is 9.36 Å². The summed E-state index contributed by atoms with van der Waals surface area (Å²) in [5.41, 5.74) is 7.08. The number of anilines is 1. The average molecular weight is 333 g/mol. The highest BCUT2D eigenvalue weighted by Gasteiger charge is 2.21. The minimum atomic E-state index is -0.102. The highest BCUT2D eigenvalue weighted by atomic mass is 32.1. The third kappa shape index (κ3) is 3.08. The van der Waals surface area contributed by atoms with Crippen LogP contribution in [-0.4, -0.2) is 16.5 Å². The molecule has 1 aromatic carbocycles. The van der Waals surface area contributed by atoms with Crippen LogP contribution in [0.5, 0.6) is 0 Å². The number of hydrogen-bond donors (Lipinski definition) is 2. The molecule has 1 aliphatic rings. The van der Waals surface area contributed by atoms with E-state index in [0.29, 0.717) is 14.6 Å². The van der Waals surface area contributed by atoms with Crippen LogP contribution < -0.4 is 11.1 Å². The van der Waals surface area contributed by atoms with Gasteiger partial charge in [-0.25, -0.2) is 0 Å². The maximum absolute atomic E-state index is 12.5. The van der Waals surface area contributed by atoms with Gasteiger partial charge in [0.2, 0.25) is 0 Å². The van der Waals surface area contributed by atoms with Gasteiger partial charge in [-0.2, -0.15) is 0 Å². The number of nitrogen functional groups attached to an aromatic ring is 1. The Hall–Kier alpha value is -1.66. The second-order valence-electron chi connectivity index (χ2n) is 5.56. The first-order chi connectivity index (χ1) is 10.7. The first-order valence-corrected chi connectivity index (χ1v) is 8.77. The van der Waals surface area contributed by atoms with E-state index in [4.69, 9.17) is 18.0 Å². The molecular weight excluding hydrogens is 314 g/mol. The molecule has 0 saturated heterocycles. The first-order valence-electron chi connectivity index (χ1n) is 7.54. The summed E-state index contributed by atoms with van der Waals surface area (Å²) >= 11 is 6.66. The molecule has 4 nitrogen and oxygen atoms in total. The van der Waals surface area contributed by atoms with E-state index in [-0.39, 0.29) is 11.9 Å². The van der Waals surface area contributed by atoms with Gasteiger partial charge in [-0.1, -0.05) is 48.8 Å². The molecule has 116 valence electrons. The van der Waals surface area contributed by atoms with Gasteiger partial charge in [0.15, 0.2) is 3.95 Å². The fourth-order valence-corrected chi connectivity index (χ4v) is 4.14. The van der Waals surface area contributed by atoms with E-state index in [1.165, 1.54) is 30.6 Å². The number of nitrogens with two attached hydrogens (primary N) is 1. The third-order valence-electron chi connectivity index (χ3n) is 4.01. The number of rotatable bonds is 3. The van der Waals surface area contributed by atoms with E-state index in [1.54, 1.807) is 4.57 Å². The van der Waals surface area contributed by atoms with Crippen LogP contribution in [0, 0.1) is 3.95 Å². The number of thiazole rings is 1. The van der Waals surface area contributed by atoms with E-state index >= 15 is 0 Å². The van der Waals surface area contributed by atoms with E-state index in [2.05, 4.69) is 5.32 Å². The second-order valence-corrected chi connectivity index (χ2v) is 7.21. The van der Waals surface area contributed by atoms with Crippen LogP contribution in [0.4, 0.5) is 5.82 Å². The predicted molar refractivity (Wildman–Crippen MR) is 93.2 cm³/mol. The van der Waals surface area contributed by atoms with Crippen molar-refractivity contribution >= 4 is 35.3 Å². The normalized spacial score (nSPS) is 15.6. The lowest BCUT2D eigenvalue weighted by Gasteiger charge is -2.22. The van der Waals surface area contributed by atoms with Crippen molar-refractivity contribution in [3.8, 4) is 5.69 Å². The molecule has 2 aromatic rings. The molecule has 6 heteroatoms. The largest absolute Gasteiger partial charge is 0.383 e. The van der Waals surface area contributed by atoms with Gasteiger partial charge >= 0.3 is 0 Å². The minimum absolute atomic E-state index is 0.102. The molecule has 0 radical (unpaired) electrons. The average Bonchev–Trinajstić information content (AvgIpc) is 2.84. The molecule has 3 rings (SSSR count). The van der Waals surface area contributed by atoms with Gasteiger partial charge in [0, 0.05) is 11.7 Å². The monoisotopic (exact) mass is 333 g/mol. The van der Waals surface area contributed by atoms with Crippen molar-refractivity contribution in [1.29, 1.82) is 0 Å². The molecule has 0 spiro atoms. The Morgan fingerprint density at radius 2 is 1.91 bits per heavy atom. The van der Waals surface area contributed by atoms with Gasteiger partial charge in [-0.15, -0.1) is 0 Å². The standard InChI is InChI=1S/C16H19N3OS2/c17-14-13(15(20)18-11-7-3-1-4-8-11)22-16(21)19(14)12-9-5-2-6-10-12/h2,5-6,9-11H,1,3-4,7-8,17H2,(H,18,20). The lowest BCUT2D eigenvalue weighted by molar-refractivity contribution is 0.0932. The van der Waals surface area contributed by atoms with Crippen molar-refractivity contribution in [2.75, 3.05) is 5.73 Å². The highest BCUT2D eigenvalue weighted by molar-refractivity contribution is 7.73. The van der Waals surface area contributed by atoms with Gasteiger partial charge in [-0.05, 0) is 37.2 Å². The van der Waals surface area contributed by atoms with Gasteiger partial charge in [0.1, 0.15) is 10.7 Å². The zero-order valence-electron chi connectivity index (χ0n) is 12.2. The number of para-hydroxylation sites is 1. The molecular formula is C16H19N3OS2. The van der Waals surface area contributed by atoms with Crippen molar-refractivity contribution in [2.24, 2.45) is 0 Å². The van der Waals surface area contributed by atoms with E-state index < -0.39 is 0 Å². The Labute approximate surface area is 139 Å².